The van der Waals surface area contributed by atoms with Crippen LogP contribution in [0, 0.1) is 0 Å². The highest BCUT2D eigenvalue weighted by Gasteiger charge is 2.11. The normalized spacial score (nSPS) is 12.1. The SMILES string of the molecule is COc1cc(C(O)Cc2ccncc2)ncn1. The standard InChI is InChI=1S/C12H13N3O2/c1-17-12-7-10(14-8-15-12)11(16)6-9-2-4-13-5-3-9/h2-5,7-8,11,16H,6H2,1H3. The molecule has 1 N–H and O–H groups in total. The van der Waals surface area contributed by atoms with Gasteiger partial charge in [-0.25, -0.2) is 9.97 Å². The van der Waals surface area contributed by atoms with Crippen molar-refractivity contribution in [3.8, 4) is 5.88 Å². The number of methoxy groups -OCH3 is 1. The van der Waals surface area contributed by atoms with E-state index in [0.717, 1.165) is 5.56 Å². The Balaban J connectivity index is 2.11. The molecule has 2 aromatic rings. The maximum Gasteiger partial charge on any atom is 0.216 e. The van der Waals surface area contributed by atoms with Crippen LogP contribution in [0.5, 0.6) is 5.88 Å². The van der Waals surface area contributed by atoms with Crippen molar-refractivity contribution in [2.45, 2.75) is 12.5 Å². The lowest BCUT2D eigenvalue weighted by Gasteiger charge is -2.10. The van der Waals surface area contributed by atoms with Gasteiger partial charge in [-0.3, -0.25) is 4.98 Å². The first-order valence-corrected chi connectivity index (χ1v) is 5.22. The van der Waals surface area contributed by atoms with Crippen LogP contribution in [0.15, 0.2) is 36.9 Å². The van der Waals surface area contributed by atoms with Crippen molar-refractivity contribution in [1.82, 2.24) is 15.0 Å². The van der Waals surface area contributed by atoms with Crippen LogP contribution in [0.4, 0.5) is 0 Å². The van der Waals surface area contributed by atoms with Crippen LogP contribution in [0.3, 0.4) is 0 Å². The fourth-order valence-electron chi connectivity index (χ4n) is 1.49. The molecule has 1 atom stereocenters. The summed E-state index contributed by atoms with van der Waals surface area (Å²) in [4.78, 5) is 11.8. The van der Waals surface area contributed by atoms with E-state index >= 15 is 0 Å². The van der Waals surface area contributed by atoms with Crippen molar-refractivity contribution in [3.05, 3.63) is 48.2 Å². The van der Waals surface area contributed by atoms with Gasteiger partial charge < -0.3 is 9.84 Å². The van der Waals surface area contributed by atoms with Crippen LogP contribution in [-0.2, 0) is 6.42 Å². The number of aliphatic hydroxyl groups excluding tert-OH is 1. The first-order chi connectivity index (χ1) is 8.29. The largest absolute Gasteiger partial charge is 0.481 e. The summed E-state index contributed by atoms with van der Waals surface area (Å²) in [6.07, 6.45) is 4.59. The van der Waals surface area contributed by atoms with Gasteiger partial charge >= 0.3 is 0 Å². The topological polar surface area (TPSA) is 68.1 Å². The Kier molecular flexibility index (Phi) is 3.62. The van der Waals surface area contributed by atoms with Crippen LogP contribution in [-0.4, -0.2) is 27.2 Å². The third kappa shape index (κ3) is 2.98. The van der Waals surface area contributed by atoms with E-state index in [1.165, 1.54) is 13.4 Å². The van der Waals surface area contributed by atoms with E-state index in [1.54, 1.807) is 18.5 Å². The third-order valence-corrected chi connectivity index (χ3v) is 2.39. The highest BCUT2D eigenvalue weighted by molar-refractivity contribution is 5.18. The van der Waals surface area contributed by atoms with Crippen LogP contribution in [0.2, 0.25) is 0 Å². The van der Waals surface area contributed by atoms with Gasteiger partial charge in [-0.2, -0.15) is 0 Å². The van der Waals surface area contributed by atoms with Gasteiger partial charge in [0.2, 0.25) is 5.88 Å². The lowest BCUT2D eigenvalue weighted by molar-refractivity contribution is 0.172. The summed E-state index contributed by atoms with van der Waals surface area (Å²) in [5.74, 6) is 0.448. The summed E-state index contributed by atoms with van der Waals surface area (Å²) in [5, 5.41) is 10.0. The van der Waals surface area contributed by atoms with E-state index in [1.807, 2.05) is 12.1 Å². The molecule has 0 aliphatic carbocycles. The molecule has 0 aromatic carbocycles. The summed E-state index contributed by atoms with van der Waals surface area (Å²) in [6.45, 7) is 0. The molecule has 0 bridgehead atoms. The molecule has 0 aliphatic heterocycles. The lowest BCUT2D eigenvalue weighted by Crippen LogP contribution is -2.05. The second kappa shape index (κ2) is 5.36. The fourth-order valence-corrected chi connectivity index (χ4v) is 1.49. The van der Waals surface area contributed by atoms with E-state index in [9.17, 15) is 5.11 Å². The minimum atomic E-state index is -0.672. The van der Waals surface area contributed by atoms with Crippen LogP contribution in [0.1, 0.15) is 17.4 Å². The third-order valence-electron chi connectivity index (χ3n) is 2.39. The Hall–Kier alpha value is -2.01. The molecule has 5 nitrogen and oxygen atoms in total. The molecular weight excluding hydrogens is 218 g/mol. The molecule has 0 saturated carbocycles. The molecule has 1 unspecified atom stereocenters. The number of aromatic nitrogens is 3. The van der Waals surface area contributed by atoms with Crippen molar-refractivity contribution in [2.75, 3.05) is 7.11 Å². The zero-order chi connectivity index (χ0) is 12.1. The maximum absolute atomic E-state index is 10.0. The summed E-state index contributed by atoms with van der Waals surface area (Å²) >= 11 is 0. The number of aliphatic hydroxyl groups is 1. The smallest absolute Gasteiger partial charge is 0.216 e. The summed E-state index contributed by atoms with van der Waals surface area (Å²) in [5.41, 5.74) is 1.55. The van der Waals surface area contributed by atoms with Crippen molar-refractivity contribution >= 4 is 0 Å². The number of pyridine rings is 1. The zero-order valence-corrected chi connectivity index (χ0v) is 9.45. The lowest BCUT2D eigenvalue weighted by atomic mass is 10.1. The molecule has 0 fully saturated rings. The van der Waals surface area contributed by atoms with Crippen molar-refractivity contribution in [2.24, 2.45) is 0 Å². The zero-order valence-electron chi connectivity index (χ0n) is 9.45. The summed E-state index contributed by atoms with van der Waals surface area (Å²) < 4.78 is 4.98. The minimum absolute atomic E-state index is 0.448. The molecule has 88 valence electrons. The second-order valence-electron chi connectivity index (χ2n) is 3.56. The molecule has 0 radical (unpaired) electrons. The van der Waals surface area contributed by atoms with Crippen LogP contribution in [0.25, 0.3) is 0 Å². The predicted molar refractivity (Wildman–Crippen MR) is 61.5 cm³/mol. The molecule has 2 aromatic heterocycles. The highest BCUT2D eigenvalue weighted by Crippen LogP contribution is 2.18. The molecule has 2 heterocycles. The Labute approximate surface area is 99.2 Å². The summed E-state index contributed by atoms with van der Waals surface area (Å²) in [6, 6.07) is 5.36. The Morgan fingerprint density at radius 3 is 2.76 bits per heavy atom. The van der Waals surface area contributed by atoms with E-state index in [2.05, 4.69) is 15.0 Å². The van der Waals surface area contributed by atoms with Crippen molar-refractivity contribution in [1.29, 1.82) is 0 Å². The average Bonchev–Trinajstić information content (AvgIpc) is 2.40. The fraction of sp³-hybridized carbons (Fsp3) is 0.250. The van der Waals surface area contributed by atoms with Gasteiger partial charge in [-0.1, -0.05) is 0 Å². The predicted octanol–water partition coefficient (Wildman–Crippen LogP) is 1.16. The van der Waals surface area contributed by atoms with Crippen LogP contribution < -0.4 is 4.74 Å². The van der Waals surface area contributed by atoms with Crippen molar-refractivity contribution in [3.63, 3.8) is 0 Å². The molecule has 0 saturated heterocycles. The number of hydrogen-bond donors (Lipinski definition) is 1. The average molecular weight is 231 g/mol. The quantitative estimate of drug-likeness (QED) is 0.855. The molecule has 0 aliphatic rings. The highest BCUT2D eigenvalue weighted by atomic mass is 16.5. The van der Waals surface area contributed by atoms with Gasteiger partial charge in [0.15, 0.2) is 0 Å². The van der Waals surface area contributed by atoms with Gasteiger partial charge in [0.1, 0.15) is 12.4 Å². The van der Waals surface area contributed by atoms with Gasteiger partial charge in [0.25, 0.3) is 0 Å². The van der Waals surface area contributed by atoms with E-state index in [4.69, 9.17) is 4.74 Å². The Bertz CT molecular complexity index is 476. The Morgan fingerprint density at radius 1 is 1.29 bits per heavy atom. The van der Waals surface area contributed by atoms with E-state index < -0.39 is 6.10 Å². The number of nitrogens with zero attached hydrogens (tertiary/aromatic N) is 3. The van der Waals surface area contributed by atoms with Gasteiger partial charge in [-0.15, -0.1) is 0 Å². The molecule has 0 spiro atoms. The first-order valence-electron chi connectivity index (χ1n) is 5.22. The molecule has 5 heteroatoms. The van der Waals surface area contributed by atoms with Gasteiger partial charge in [0, 0.05) is 24.9 Å². The van der Waals surface area contributed by atoms with Gasteiger partial charge in [-0.05, 0) is 17.7 Å². The molecule has 2 rings (SSSR count). The second-order valence-corrected chi connectivity index (χ2v) is 3.56. The number of hydrogen-bond acceptors (Lipinski definition) is 5. The Morgan fingerprint density at radius 2 is 2.06 bits per heavy atom. The number of rotatable bonds is 4. The molecular formula is C12H13N3O2. The molecule has 0 amide bonds. The molecule has 17 heavy (non-hydrogen) atoms. The summed E-state index contributed by atoms with van der Waals surface area (Å²) in [7, 11) is 1.53. The van der Waals surface area contributed by atoms with E-state index in [0.29, 0.717) is 18.0 Å². The van der Waals surface area contributed by atoms with Gasteiger partial charge in [0.05, 0.1) is 12.8 Å². The maximum atomic E-state index is 10.0. The first kappa shape index (κ1) is 11.5. The number of ether oxygens (including phenoxy) is 1. The van der Waals surface area contributed by atoms with Crippen molar-refractivity contribution < 1.29 is 9.84 Å². The van der Waals surface area contributed by atoms with E-state index in [-0.39, 0.29) is 0 Å². The van der Waals surface area contributed by atoms with Crippen LogP contribution >= 0.6 is 0 Å². The monoisotopic (exact) mass is 231 g/mol. The minimum Gasteiger partial charge on any atom is -0.481 e.